The summed E-state index contributed by atoms with van der Waals surface area (Å²) in [5.74, 6) is 0.957. The largest absolute Gasteiger partial charge is 0.496 e. The quantitative estimate of drug-likeness (QED) is 0.816. The second-order valence-corrected chi connectivity index (χ2v) is 5.00. The molecule has 0 aliphatic carbocycles. The maximum absolute atomic E-state index is 5.84. The van der Waals surface area contributed by atoms with Crippen LogP contribution in [0.15, 0.2) is 12.1 Å². The lowest BCUT2D eigenvalue weighted by Crippen LogP contribution is -2.22. The number of rotatable bonds is 6. The Balaban J connectivity index is 2.96. The first-order valence-electron chi connectivity index (χ1n) is 6.58. The van der Waals surface area contributed by atoms with Crippen LogP contribution in [0.25, 0.3) is 0 Å². The van der Waals surface area contributed by atoms with Crippen molar-refractivity contribution in [3.05, 3.63) is 28.8 Å². The van der Waals surface area contributed by atoms with Gasteiger partial charge in [-0.2, -0.15) is 0 Å². The predicted molar refractivity (Wildman–Crippen MR) is 77.2 cm³/mol. The average molecular weight is 250 g/mol. The van der Waals surface area contributed by atoms with Gasteiger partial charge in [0, 0.05) is 12.1 Å². The number of methoxy groups -OCH3 is 1. The summed E-state index contributed by atoms with van der Waals surface area (Å²) in [6.07, 6.45) is 2.08. The summed E-state index contributed by atoms with van der Waals surface area (Å²) in [6.45, 7) is 6.32. The molecule has 0 aliphatic heterocycles. The normalized spacial score (nSPS) is 14.3. The van der Waals surface area contributed by atoms with Gasteiger partial charge in [-0.05, 0) is 63.4 Å². The van der Waals surface area contributed by atoms with Gasteiger partial charge in [-0.1, -0.05) is 6.07 Å². The summed E-state index contributed by atoms with van der Waals surface area (Å²) in [5, 5.41) is 3.38. The SMILES string of the molecule is CNC(CCC(C)N)c1ccc(OC)c(C)c1C. The molecule has 3 N–H and O–H groups in total. The van der Waals surface area contributed by atoms with Gasteiger partial charge >= 0.3 is 0 Å². The molecule has 2 atom stereocenters. The summed E-state index contributed by atoms with van der Waals surface area (Å²) in [4.78, 5) is 0. The van der Waals surface area contributed by atoms with E-state index in [0.29, 0.717) is 6.04 Å². The molecular weight excluding hydrogens is 224 g/mol. The van der Waals surface area contributed by atoms with Crippen molar-refractivity contribution in [1.29, 1.82) is 0 Å². The van der Waals surface area contributed by atoms with Gasteiger partial charge in [0.1, 0.15) is 5.75 Å². The highest BCUT2D eigenvalue weighted by atomic mass is 16.5. The molecule has 0 saturated carbocycles. The van der Waals surface area contributed by atoms with Crippen LogP contribution < -0.4 is 15.8 Å². The Morgan fingerprint density at radius 2 is 1.89 bits per heavy atom. The molecule has 0 bridgehead atoms. The van der Waals surface area contributed by atoms with Crippen molar-refractivity contribution in [2.24, 2.45) is 5.73 Å². The molecule has 3 heteroatoms. The van der Waals surface area contributed by atoms with Gasteiger partial charge in [-0.15, -0.1) is 0 Å². The molecule has 0 aromatic heterocycles. The van der Waals surface area contributed by atoms with E-state index in [1.165, 1.54) is 16.7 Å². The van der Waals surface area contributed by atoms with Crippen molar-refractivity contribution in [3.63, 3.8) is 0 Å². The zero-order valence-corrected chi connectivity index (χ0v) is 12.2. The topological polar surface area (TPSA) is 47.3 Å². The van der Waals surface area contributed by atoms with Gasteiger partial charge in [-0.25, -0.2) is 0 Å². The first-order valence-corrected chi connectivity index (χ1v) is 6.58. The molecule has 18 heavy (non-hydrogen) atoms. The highest BCUT2D eigenvalue weighted by Crippen LogP contribution is 2.29. The Kier molecular flexibility index (Phi) is 5.63. The number of ether oxygens (including phenoxy) is 1. The number of nitrogens with one attached hydrogen (secondary N) is 1. The minimum atomic E-state index is 0.250. The van der Waals surface area contributed by atoms with Crippen molar-refractivity contribution in [2.45, 2.75) is 45.7 Å². The summed E-state index contributed by atoms with van der Waals surface area (Å²) < 4.78 is 5.35. The van der Waals surface area contributed by atoms with E-state index in [9.17, 15) is 0 Å². The van der Waals surface area contributed by atoms with E-state index in [-0.39, 0.29) is 6.04 Å². The number of hydrogen-bond donors (Lipinski definition) is 2. The third-order valence-electron chi connectivity index (χ3n) is 3.63. The van der Waals surface area contributed by atoms with E-state index in [4.69, 9.17) is 10.5 Å². The maximum Gasteiger partial charge on any atom is 0.122 e. The first-order chi connectivity index (χ1) is 8.51. The minimum Gasteiger partial charge on any atom is -0.496 e. The second kappa shape index (κ2) is 6.76. The standard InChI is InChI=1S/C15H26N2O/c1-10(16)6-8-14(17-4)13-7-9-15(18-5)12(3)11(13)2/h7,9-10,14,17H,6,8,16H2,1-5H3. The fourth-order valence-corrected chi connectivity index (χ4v) is 2.30. The van der Waals surface area contributed by atoms with Crippen LogP contribution in [0.5, 0.6) is 5.75 Å². The second-order valence-electron chi connectivity index (χ2n) is 5.00. The molecule has 0 spiro atoms. The molecule has 3 nitrogen and oxygen atoms in total. The first kappa shape index (κ1) is 15.0. The maximum atomic E-state index is 5.84. The third-order valence-corrected chi connectivity index (χ3v) is 3.63. The molecule has 0 heterocycles. The Bertz CT molecular complexity index is 388. The number of benzene rings is 1. The van der Waals surface area contributed by atoms with Crippen molar-refractivity contribution < 1.29 is 4.74 Å². The number of hydrogen-bond acceptors (Lipinski definition) is 3. The Morgan fingerprint density at radius 3 is 2.39 bits per heavy atom. The minimum absolute atomic E-state index is 0.250. The van der Waals surface area contributed by atoms with Crippen LogP contribution in [0.1, 0.15) is 42.5 Å². The Labute approximate surface area is 111 Å². The van der Waals surface area contributed by atoms with E-state index >= 15 is 0 Å². The molecule has 0 radical (unpaired) electrons. The van der Waals surface area contributed by atoms with E-state index in [2.05, 4.69) is 32.2 Å². The molecule has 0 amide bonds. The third kappa shape index (κ3) is 3.47. The summed E-state index contributed by atoms with van der Waals surface area (Å²) in [6, 6.07) is 4.82. The van der Waals surface area contributed by atoms with Gasteiger partial charge in [0.25, 0.3) is 0 Å². The van der Waals surface area contributed by atoms with E-state index < -0.39 is 0 Å². The fourth-order valence-electron chi connectivity index (χ4n) is 2.30. The summed E-state index contributed by atoms with van der Waals surface area (Å²) in [7, 11) is 3.72. The highest BCUT2D eigenvalue weighted by molar-refractivity contribution is 5.44. The Hall–Kier alpha value is -1.06. The lowest BCUT2D eigenvalue weighted by molar-refractivity contribution is 0.410. The smallest absolute Gasteiger partial charge is 0.122 e. The van der Waals surface area contributed by atoms with E-state index in [1.807, 2.05) is 13.1 Å². The van der Waals surface area contributed by atoms with Crippen LogP contribution in [-0.4, -0.2) is 20.2 Å². The average Bonchev–Trinajstić information content (AvgIpc) is 2.34. The fraction of sp³-hybridized carbons (Fsp3) is 0.600. The number of nitrogens with two attached hydrogens (primary N) is 1. The van der Waals surface area contributed by atoms with Gasteiger partial charge in [0.2, 0.25) is 0 Å². The monoisotopic (exact) mass is 250 g/mol. The molecule has 0 aliphatic rings. The van der Waals surface area contributed by atoms with Crippen LogP contribution in [0.2, 0.25) is 0 Å². The zero-order chi connectivity index (χ0) is 13.7. The van der Waals surface area contributed by atoms with E-state index in [1.54, 1.807) is 7.11 Å². The van der Waals surface area contributed by atoms with Gasteiger partial charge in [0.15, 0.2) is 0 Å². The van der Waals surface area contributed by atoms with Crippen LogP contribution in [0, 0.1) is 13.8 Å². The molecule has 2 unspecified atom stereocenters. The van der Waals surface area contributed by atoms with Gasteiger partial charge < -0.3 is 15.8 Å². The molecule has 102 valence electrons. The summed E-state index contributed by atoms with van der Waals surface area (Å²) in [5.41, 5.74) is 9.71. The molecule has 1 aromatic rings. The highest BCUT2D eigenvalue weighted by Gasteiger charge is 2.15. The van der Waals surface area contributed by atoms with Crippen molar-refractivity contribution in [1.82, 2.24) is 5.32 Å². The van der Waals surface area contributed by atoms with Crippen LogP contribution in [-0.2, 0) is 0 Å². The molecule has 1 rings (SSSR count). The molecule has 0 saturated heterocycles. The van der Waals surface area contributed by atoms with Crippen molar-refractivity contribution >= 4 is 0 Å². The predicted octanol–water partition coefficient (Wildman–Crippen LogP) is 2.70. The van der Waals surface area contributed by atoms with Crippen molar-refractivity contribution in [3.8, 4) is 5.75 Å². The Morgan fingerprint density at radius 1 is 1.22 bits per heavy atom. The molecule has 0 fully saturated rings. The van der Waals surface area contributed by atoms with Crippen LogP contribution in [0.3, 0.4) is 0 Å². The van der Waals surface area contributed by atoms with Gasteiger partial charge in [-0.3, -0.25) is 0 Å². The van der Waals surface area contributed by atoms with Crippen molar-refractivity contribution in [2.75, 3.05) is 14.2 Å². The lowest BCUT2D eigenvalue weighted by Gasteiger charge is -2.22. The lowest BCUT2D eigenvalue weighted by atomic mass is 9.93. The van der Waals surface area contributed by atoms with Crippen LogP contribution >= 0.6 is 0 Å². The molecule has 1 aromatic carbocycles. The van der Waals surface area contributed by atoms with Gasteiger partial charge in [0.05, 0.1) is 7.11 Å². The van der Waals surface area contributed by atoms with Crippen LogP contribution in [0.4, 0.5) is 0 Å². The van der Waals surface area contributed by atoms with E-state index in [0.717, 1.165) is 18.6 Å². The zero-order valence-electron chi connectivity index (χ0n) is 12.2. The summed E-state index contributed by atoms with van der Waals surface area (Å²) >= 11 is 0. The molecular formula is C15H26N2O.